The average molecular weight is 327 g/mol. The highest BCUT2D eigenvalue weighted by molar-refractivity contribution is 9.10. The molecule has 5 heteroatoms. The van der Waals surface area contributed by atoms with Crippen LogP contribution in [0.2, 0.25) is 0 Å². The van der Waals surface area contributed by atoms with Gasteiger partial charge in [0.25, 0.3) is 0 Å². The van der Waals surface area contributed by atoms with Crippen molar-refractivity contribution in [3.8, 4) is 11.3 Å². The Morgan fingerprint density at radius 3 is 2.58 bits per heavy atom. The number of nitrogens with zero attached hydrogens (tertiary/aromatic N) is 2. The first-order valence-corrected chi connectivity index (χ1v) is 6.99. The van der Waals surface area contributed by atoms with E-state index >= 15 is 0 Å². The quantitative estimate of drug-likeness (QED) is 0.933. The lowest BCUT2D eigenvalue weighted by atomic mass is 10.1. The van der Waals surface area contributed by atoms with Gasteiger partial charge in [-0.3, -0.25) is 4.68 Å². The first kappa shape index (κ1) is 14.2. The summed E-state index contributed by atoms with van der Waals surface area (Å²) in [7, 11) is 0. The zero-order chi connectivity index (χ0) is 14.0. The lowest BCUT2D eigenvalue weighted by Gasteiger charge is -2.12. The van der Waals surface area contributed by atoms with E-state index in [4.69, 9.17) is 0 Å². The molecule has 2 rings (SSSR count). The highest BCUT2D eigenvalue weighted by Crippen LogP contribution is 2.31. The zero-order valence-corrected chi connectivity index (χ0v) is 12.5. The predicted octanol–water partition coefficient (Wildman–Crippen LogP) is 3.53. The standard InChI is InChI=1S/C14H16BrFN2O/c1-3-12(19)8-18-14(13(15)9(2)17-18)10-4-6-11(16)7-5-10/h4-7,12,19H,3,8H2,1-2H3. The van der Waals surface area contributed by atoms with Gasteiger partial charge in [-0.1, -0.05) is 6.92 Å². The third-order valence-corrected chi connectivity index (χ3v) is 3.98. The molecule has 0 spiro atoms. The summed E-state index contributed by atoms with van der Waals surface area (Å²) >= 11 is 3.51. The first-order chi connectivity index (χ1) is 9.02. The summed E-state index contributed by atoms with van der Waals surface area (Å²) in [6.07, 6.45) is 0.227. The van der Waals surface area contributed by atoms with Gasteiger partial charge < -0.3 is 5.11 Å². The highest BCUT2D eigenvalue weighted by Gasteiger charge is 2.16. The van der Waals surface area contributed by atoms with Crippen LogP contribution in [-0.2, 0) is 6.54 Å². The number of benzene rings is 1. The fraction of sp³-hybridized carbons (Fsp3) is 0.357. The van der Waals surface area contributed by atoms with Gasteiger partial charge in [-0.05, 0) is 53.5 Å². The van der Waals surface area contributed by atoms with Crippen molar-refractivity contribution in [2.45, 2.75) is 32.9 Å². The zero-order valence-electron chi connectivity index (χ0n) is 10.9. The Kier molecular flexibility index (Phi) is 4.37. The molecule has 1 heterocycles. The van der Waals surface area contributed by atoms with E-state index in [0.717, 1.165) is 21.4 Å². The molecule has 19 heavy (non-hydrogen) atoms. The van der Waals surface area contributed by atoms with E-state index < -0.39 is 6.10 Å². The fourth-order valence-corrected chi connectivity index (χ4v) is 2.42. The molecule has 0 fully saturated rings. The maximum atomic E-state index is 13.0. The second kappa shape index (κ2) is 5.84. The maximum absolute atomic E-state index is 13.0. The van der Waals surface area contributed by atoms with Crippen LogP contribution in [0, 0.1) is 12.7 Å². The normalized spacial score (nSPS) is 12.7. The van der Waals surface area contributed by atoms with Gasteiger partial charge >= 0.3 is 0 Å². The van der Waals surface area contributed by atoms with Crippen LogP contribution >= 0.6 is 15.9 Å². The second-order valence-corrected chi connectivity index (χ2v) is 5.29. The van der Waals surface area contributed by atoms with Gasteiger partial charge in [0.1, 0.15) is 5.82 Å². The van der Waals surface area contributed by atoms with Crippen molar-refractivity contribution in [1.29, 1.82) is 0 Å². The van der Waals surface area contributed by atoms with Gasteiger partial charge in [0.15, 0.2) is 0 Å². The van der Waals surface area contributed by atoms with Crippen molar-refractivity contribution in [3.05, 3.63) is 40.2 Å². The second-order valence-electron chi connectivity index (χ2n) is 4.50. The Labute approximate surface area is 120 Å². The summed E-state index contributed by atoms with van der Waals surface area (Å²) in [5.41, 5.74) is 2.59. The van der Waals surface area contributed by atoms with Crippen LogP contribution in [0.15, 0.2) is 28.7 Å². The number of aryl methyl sites for hydroxylation is 1. The van der Waals surface area contributed by atoms with Gasteiger partial charge in [-0.2, -0.15) is 5.10 Å². The molecule has 0 saturated carbocycles. The molecule has 1 aromatic carbocycles. The van der Waals surface area contributed by atoms with E-state index in [9.17, 15) is 9.50 Å². The minimum atomic E-state index is -0.439. The molecule has 1 aromatic heterocycles. The molecule has 1 atom stereocenters. The topological polar surface area (TPSA) is 38.0 Å². The molecule has 1 unspecified atom stereocenters. The average Bonchev–Trinajstić information content (AvgIpc) is 2.66. The minimum Gasteiger partial charge on any atom is -0.391 e. The summed E-state index contributed by atoms with van der Waals surface area (Å²) in [4.78, 5) is 0. The van der Waals surface area contributed by atoms with Gasteiger partial charge in [0, 0.05) is 5.56 Å². The molecule has 2 aromatic rings. The van der Waals surface area contributed by atoms with Gasteiger partial charge in [0.2, 0.25) is 0 Å². The van der Waals surface area contributed by atoms with E-state index in [0.29, 0.717) is 13.0 Å². The summed E-state index contributed by atoms with van der Waals surface area (Å²) < 4.78 is 15.6. The minimum absolute atomic E-state index is 0.267. The van der Waals surface area contributed by atoms with E-state index in [1.54, 1.807) is 16.8 Å². The molecule has 102 valence electrons. The largest absolute Gasteiger partial charge is 0.391 e. The number of aliphatic hydroxyl groups excluding tert-OH is 1. The predicted molar refractivity (Wildman–Crippen MR) is 76.4 cm³/mol. The number of hydrogen-bond donors (Lipinski definition) is 1. The fourth-order valence-electron chi connectivity index (χ4n) is 1.90. The smallest absolute Gasteiger partial charge is 0.123 e. The summed E-state index contributed by atoms with van der Waals surface area (Å²) in [6.45, 7) is 4.25. The van der Waals surface area contributed by atoms with Crippen molar-refractivity contribution in [2.24, 2.45) is 0 Å². The van der Waals surface area contributed by atoms with Gasteiger partial charge in [0.05, 0.1) is 28.5 Å². The maximum Gasteiger partial charge on any atom is 0.123 e. The van der Waals surface area contributed by atoms with Crippen LogP contribution in [-0.4, -0.2) is 21.0 Å². The molecule has 0 radical (unpaired) electrons. The van der Waals surface area contributed by atoms with Crippen molar-refractivity contribution in [2.75, 3.05) is 0 Å². The first-order valence-electron chi connectivity index (χ1n) is 6.19. The summed E-state index contributed by atoms with van der Waals surface area (Å²) in [6, 6.07) is 6.27. The number of rotatable bonds is 4. The number of aliphatic hydroxyl groups is 1. The van der Waals surface area contributed by atoms with Crippen molar-refractivity contribution in [3.63, 3.8) is 0 Å². The monoisotopic (exact) mass is 326 g/mol. The molecule has 0 aliphatic heterocycles. The Morgan fingerprint density at radius 2 is 2.00 bits per heavy atom. The number of aromatic nitrogens is 2. The van der Waals surface area contributed by atoms with Crippen molar-refractivity contribution >= 4 is 15.9 Å². The molecular formula is C14H16BrFN2O. The van der Waals surface area contributed by atoms with Crippen molar-refractivity contribution < 1.29 is 9.50 Å². The third-order valence-electron chi connectivity index (χ3n) is 3.03. The molecule has 1 N–H and O–H groups in total. The van der Waals surface area contributed by atoms with E-state index in [-0.39, 0.29) is 5.82 Å². The van der Waals surface area contributed by atoms with E-state index in [2.05, 4.69) is 21.0 Å². The van der Waals surface area contributed by atoms with Crippen LogP contribution in [0.25, 0.3) is 11.3 Å². The van der Waals surface area contributed by atoms with E-state index in [1.165, 1.54) is 12.1 Å². The number of halogens is 2. The van der Waals surface area contributed by atoms with Crippen LogP contribution in [0.1, 0.15) is 19.0 Å². The summed E-state index contributed by atoms with van der Waals surface area (Å²) in [5.74, 6) is -0.267. The van der Waals surface area contributed by atoms with Crippen LogP contribution < -0.4 is 0 Å². The summed E-state index contributed by atoms with van der Waals surface area (Å²) in [5, 5.41) is 14.2. The Hall–Kier alpha value is -1.20. The van der Waals surface area contributed by atoms with Crippen molar-refractivity contribution in [1.82, 2.24) is 9.78 Å². The number of hydrogen-bond acceptors (Lipinski definition) is 2. The van der Waals surface area contributed by atoms with Gasteiger partial charge in [-0.15, -0.1) is 0 Å². The molecule has 0 bridgehead atoms. The highest BCUT2D eigenvalue weighted by atomic mass is 79.9. The molecule has 0 amide bonds. The third kappa shape index (κ3) is 3.04. The Morgan fingerprint density at radius 1 is 1.37 bits per heavy atom. The SMILES string of the molecule is CCC(O)Cn1nc(C)c(Br)c1-c1ccc(F)cc1. The molecule has 0 aliphatic rings. The molecule has 0 aliphatic carbocycles. The molecular weight excluding hydrogens is 311 g/mol. The van der Waals surface area contributed by atoms with E-state index in [1.807, 2.05) is 13.8 Å². The van der Waals surface area contributed by atoms with Crippen LogP contribution in [0.3, 0.4) is 0 Å². The molecule has 0 saturated heterocycles. The lowest BCUT2D eigenvalue weighted by molar-refractivity contribution is 0.146. The lowest BCUT2D eigenvalue weighted by Crippen LogP contribution is -2.16. The Bertz CT molecular complexity index is 566. The Balaban J connectivity index is 2.45. The molecule has 3 nitrogen and oxygen atoms in total. The van der Waals surface area contributed by atoms with Gasteiger partial charge in [-0.25, -0.2) is 4.39 Å². The van der Waals surface area contributed by atoms with Crippen LogP contribution in [0.4, 0.5) is 4.39 Å². The van der Waals surface area contributed by atoms with Crippen LogP contribution in [0.5, 0.6) is 0 Å².